The minimum Gasteiger partial charge on any atom is -0.382 e. The number of anilines is 1. The Bertz CT molecular complexity index is 762. The van der Waals surface area contributed by atoms with Gasteiger partial charge in [0.05, 0.1) is 18.0 Å². The average molecular weight is 348 g/mol. The smallest absolute Gasteiger partial charge is 0.230 e. The number of nitrogen functional groups attached to an aromatic ring is 1. The van der Waals surface area contributed by atoms with Gasteiger partial charge in [-0.2, -0.15) is 5.26 Å². The largest absolute Gasteiger partial charge is 0.382 e. The highest BCUT2D eigenvalue weighted by Gasteiger charge is 2.13. The summed E-state index contributed by atoms with van der Waals surface area (Å²) in [6.07, 6.45) is 1.34. The van der Waals surface area contributed by atoms with E-state index in [0.717, 1.165) is 17.3 Å². The number of carbonyl (C=O) groups excluding carboxylic acids is 1. The number of halogens is 1. The summed E-state index contributed by atoms with van der Waals surface area (Å²) >= 11 is 7.25. The van der Waals surface area contributed by atoms with Crippen LogP contribution in [0.25, 0.3) is 0 Å². The highest BCUT2D eigenvalue weighted by atomic mass is 35.5. The predicted molar refractivity (Wildman–Crippen MR) is 89.9 cm³/mol. The van der Waals surface area contributed by atoms with Gasteiger partial charge < -0.3 is 11.1 Å². The number of nitrogens with zero attached hydrogens (tertiary/aromatic N) is 3. The van der Waals surface area contributed by atoms with Gasteiger partial charge in [0, 0.05) is 5.02 Å². The first-order chi connectivity index (χ1) is 11.0. The molecule has 1 atom stereocenters. The second-order valence-corrected chi connectivity index (χ2v) is 6.01. The lowest BCUT2D eigenvalue weighted by Crippen LogP contribution is -2.28. The number of carbonyl (C=O) groups is 1. The molecule has 0 saturated carbocycles. The lowest BCUT2D eigenvalue weighted by atomic mass is 10.1. The Kier molecular flexibility index (Phi) is 5.79. The maximum Gasteiger partial charge on any atom is 0.230 e. The van der Waals surface area contributed by atoms with Crippen molar-refractivity contribution in [3.63, 3.8) is 0 Å². The van der Waals surface area contributed by atoms with Crippen molar-refractivity contribution in [2.24, 2.45) is 0 Å². The Morgan fingerprint density at radius 3 is 2.91 bits per heavy atom. The van der Waals surface area contributed by atoms with Gasteiger partial charge in [0.2, 0.25) is 5.91 Å². The molecule has 118 valence electrons. The van der Waals surface area contributed by atoms with Gasteiger partial charge in [-0.3, -0.25) is 4.79 Å². The van der Waals surface area contributed by atoms with Gasteiger partial charge in [-0.1, -0.05) is 41.6 Å². The van der Waals surface area contributed by atoms with E-state index >= 15 is 0 Å². The summed E-state index contributed by atoms with van der Waals surface area (Å²) < 4.78 is 0. The molecule has 0 radical (unpaired) electrons. The van der Waals surface area contributed by atoms with Crippen LogP contribution in [0.15, 0.2) is 35.6 Å². The standard InChI is InChI=1S/C15H14ClN5OS/c1-9(11-4-2-3-5-12(11)16)20-13(22)8-23-15-19-7-10(6-17)14(18)21-15/h2-5,7,9H,8H2,1H3,(H,20,22)(H2,18,19,21)/t9-/m0/s1. The van der Waals surface area contributed by atoms with Crippen molar-refractivity contribution >= 4 is 35.1 Å². The third-order valence-electron chi connectivity index (χ3n) is 3.00. The number of benzene rings is 1. The number of aromatic nitrogens is 2. The summed E-state index contributed by atoms with van der Waals surface area (Å²) in [4.78, 5) is 20.0. The second-order valence-electron chi connectivity index (χ2n) is 4.66. The second kappa shape index (κ2) is 7.81. The number of thioether (sulfide) groups is 1. The fourth-order valence-electron chi connectivity index (χ4n) is 1.85. The molecule has 2 rings (SSSR count). The molecule has 1 amide bonds. The normalized spacial score (nSPS) is 11.5. The zero-order valence-corrected chi connectivity index (χ0v) is 13.9. The van der Waals surface area contributed by atoms with E-state index in [-0.39, 0.29) is 29.1 Å². The summed E-state index contributed by atoms with van der Waals surface area (Å²) in [6, 6.07) is 9.03. The van der Waals surface area contributed by atoms with E-state index in [1.807, 2.05) is 31.2 Å². The minimum absolute atomic E-state index is 0.106. The quantitative estimate of drug-likeness (QED) is 0.636. The molecule has 0 spiro atoms. The molecule has 0 aliphatic rings. The molecule has 23 heavy (non-hydrogen) atoms. The van der Waals surface area contributed by atoms with Crippen LogP contribution >= 0.6 is 23.4 Å². The van der Waals surface area contributed by atoms with Gasteiger partial charge >= 0.3 is 0 Å². The summed E-state index contributed by atoms with van der Waals surface area (Å²) in [7, 11) is 0. The van der Waals surface area contributed by atoms with E-state index in [1.165, 1.54) is 6.20 Å². The van der Waals surface area contributed by atoms with Crippen molar-refractivity contribution in [3.8, 4) is 6.07 Å². The fraction of sp³-hybridized carbons (Fsp3) is 0.200. The molecule has 2 aromatic rings. The first-order valence-electron chi connectivity index (χ1n) is 6.70. The van der Waals surface area contributed by atoms with Gasteiger partial charge in [-0.05, 0) is 18.6 Å². The van der Waals surface area contributed by atoms with Gasteiger partial charge in [-0.15, -0.1) is 0 Å². The van der Waals surface area contributed by atoms with Crippen molar-refractivity contribution in [2.45, 2.75) is 18.1 Å². The van der Waals surface area contributed by atoms with Gasteiger partial charge in [0.25, 0.3) is 0 Å². The van der Waals surface area contributed by atoms with Crippen molar-refractivity contribution in [1.29, 1.82) is 5.26 Å². The van der Waals surface area contributed by atoms with Gasteiger partial charge in [0.15, 0.2) is 5.16 Å². The molecule has 0 aliphatic carbocycles. The summed E-state index contributed by atoms with van der Waals surface area (Å²) in [5.41, 5.74) is 6.68. The molecule has 0 bridgehead atoms. The molecule has 0 saturated heterocycles. The molecule has 0 fully saturated rings. The Morgan fingerprint density at radius 2 is 2.26 bits per heavy atom. The SMILES string of the molecule is C[C@H](NC(=O)CSc1ncc(C#N)c(N)n1)c1ccccc1Cl. The minimum atomic E-state index is -0.205. The van der Waals surface area contributed by atoms with Crippen LogP contribution in [0.5, 0.6) is 0 Å². The van der Waals surface area contributed by atoms with Crippen LogP contribution in [0.3, 0.4) is 0 Å². The number of amides is 1. The first kappa shape index (κ1) is 17.1. The maximum absolute atomic E-state index is 12.0. The van der Waals surface area contributed by atoms with E-state index in [4.69, 9.17) is 22.6 Å². The molecular weight excluding hydrogens is 334 g/mol. The predicted octanol–water partition coefficient (Wildman–Crippen LogP) is 2.55. The molecule has 1 aromatic heterocycles. The molecular formula is C15H14ClN5OS. The zero-order valence-electron chi connectivity index (χ0n) is 12.3. The van der Waals surface area contributed by atoms with Crippen molar-refractivity contribution in [1.82, 2.24) is 15.3 Å². The van der Waals surface area contributed by atoms with Crippen molar-refractivity contribution in [2.75, 3.05) is 11.5 Å². The Balaban J connectivity index is 1.92. The number of nitrogens with two attached hydrogens (primary N) is 1. The Morgan fingerprint density at radius 1 is 1.52 bits per heavy atom. The third-order valence-corrected chi connectivity index (χ3v) is 4.20. The van der Waals surface area contributed by atoms with E-state index in [2.05, 4.69) is 15.3 Å². The molecule has 3 N–H and O–H groups in total. The molecule has 1 heterocycles. The van der Waals surface area contributed by atoms with E-state index in [1.54, 1.807) is 6.07 Å². The van der Waals surface area contributed by atoms with Crippen molar-refractivity contribution < 1.29 is 4.79 Å². The summed E-state index contributed by atoms with van der Waals surface area (Å²) in [6.45, 7) is 1.86. The van der Waals surface area contributed by atoms with Crippen LogP contribution in [-0.4, -0.2) is 21.6 Å². The number of rotatable bonds is 5. The average Bonchev–Trinajstić information content (AvgIpc) is 2.53. The third kappa shape index (κ3) is 4.58. The van der Waals surface area contributed by atoms with Crippen LogP contribution < -0.4 is 11.1 Å². The van der Waals surface area contributed by atoms with E-state index in [9.17, 15) is 4.79 Å². The van der Waals surface area contributed by atoms with Crippen LogP contribution in [0, 0.1) is 11.3 Å². The van der Waals surface area contributed by atoms with Crippen molar-refractivity contribution in [3.05, 3.63) is 46.6 Å². The van der Waals surface area contributed by atoms with Crippen LogP contribution in [0.4, 0.5) is 5.82 Å². The molecule has 0 unspecified atom stereocenters. The zero-order chi connectivity index (χ0) is 16.8. The molecule has 0 aliphatic heterocycles. The monoisotopic (exact) mass is 347 g/mol. The highest BCUT2D eigenvalue weighted by Crippen LogP contribution is 2.22. The maximum atomic E-state index is 12.0. The summed E-state index contributed by atoms with van der Waals surface area (Å²) in [5.74, 6) is 0.0731. The summed E-state index contributed by atoms with van der Waals surface area (Å²) in [5, 5.41) is 12.6. The number of nitriles is 1. The van der Waals surface area contributed by atoms with Gasteiger partial charge in [-0.25, -0.2) is 9.97 Å². The van der Waals surface area contributed by atoms with E-state index < -0.39 is 0 Å². The highest BCUT2D eigenvalue weighted by molar-refractivity contribution is 7.99. The topological polar surface area (TPSA) is 105 Å². The molecule has 1 aromatic carbocycles. The van der Waals surface area contributed by atoms with Crippen LogP contribution in [0.1, 0.15) is 24.1 Å². The van der Waals surface area contributed by atoms with Crippen LogP contribution in [-0.2, 0) is 4.79 Å². The van der Waals surface area contributed by atoms with E-state index in [0.29, 0.717) is 10.2 Å². The fourth-order valence-corrected chi connectivity index (χ4v) is 2.78. The lowest BCUT2D eigenvalue weighted by Gasteiger charge is -2.15. The number of hydrogen-bond acceptors (Lipinski definition) is 6. The van der Waals surface area contributed by atoms with Gasteiger partial charge in [0.1, 0.15) is 17.5 Å². The molecule has 8 heteroatoms. The Hall–Kier alpha value is -2.30. The molecule has 6 nitrogen and oxygen atoms in total. The lowest BCUT2D eigenvalue weighted by molar-refractivity contribution is -0.119. The Labute approximate surface area is 143 Å². The van der Waals surface area contributed by atoms with Crippen LogP contribution in [0.2, 0.25) is 5.02 Å². The first-order valence-corrected chi connectivity index (χ1v) is 8.07. The number of nitrogens with one attached hydrogen (secondary N) is 1. The number of hydrogen-bond donors (Lipinski definition) is 2.